The van der Waals surface area contributed by atoms with Crippen LogP contribution in [0.2, 0.25) is 5.02 Å². The minimum atomic E-state index is -4.80. The van der Waals surface area contributed by atoms with Gasteiger partial charge in [-0.25, -0.2) is 0 Å². The first kappa shape index (κ1) is 11.6. The summed E-state index contributed by atoms with van der Waals surface area (Å²) in [6.45, 7) is 0. The normalized spacial score (nSPS) is 11.5. The standard InChI is InChI=1S/C7H3ClF3NO3/c8-5-3(7(9,10)11)1-2-4(13)6(5)12(14)15/h1-2,13H. The molecule has 0 aliphatic carbocycles. The van der Waals surface area contributed by atoms with Crippen LogP contribution in [-0.2, 0) is 6.18 Å². The Morgan fingerprint density at radius 3 is 2.33 bits per heavy atom. The fourth-order valence-corrected chi connectivity index (χ4v) is 1.28. The fraction of sp³-hybridized carbons (Fsp3) is 0.143. The van der Waals surface area contributed by atoms with Gasteiger partial charge in [0.05, 0.1) is 10.5 Å². The molecule has 0 aliphatic rings. The lowest BCUT2D eigenvalue weighted by Crippen LogP contribution is -2.07. The summed E-state index contributed by atoms with van der Waals surface area (Å²) in [6, 6.07) is 1.05. The third-order valence-corrected chi connectivity index (χ3v) is 1.97. The van der Waals surface area contributed by atoms with E-state index in [2.05, 4.69) is 0 Å². The van der Waals surface area contributed by atoms with Crippen LogP contribution < -0.4 is 0 Å². The van der Waals surface area contributed by atoms with Gasteiger partial charge in [-0.2, -0.15) is 13.2 Å². The summed E-state index contributed by atoms with van der Waals surface area (Å²) in [4.78, 5) is 9.14. The average molecular weight is 242 g/mol. The van der Waals surface area contributed by atoms with Crippen LogP contribution in [0.1, 0.15) is 5.56 Å². The van der Waals surface area contributed by atoms with Crippen molar-refractivity contribution in [3.63, 3.8) is 0 Å². The second kappa shape index (κ2) is 3.58. The van der Waals surface area contributed by atoms with Gasteiger partial charge in [-0.05, 0) is 12.1 Å². The summed E-state index contributed by atoms with van der Waals surface area (Å²) in [7, 11) is 0. The van der Waals surface area contributed by atoms with Gasteiger partial charge < -0.3 is 5.11 Å². The molecule has 1 aromatic rings. The molecule has 0 radical (unpaired) electrons. The van der Waals surface area contributed by atoms with Crippen molar-refractivity contribution >= 4 is 17.3 Å². The molecule has 0 fully saturated rings. The minimum absolute atomic E-state index is 0.477. The zero-order valence-corrected chi connectivity index (χ0v) is 7.63. The van der Waals surface area contributed by atoms with Crippen LogP contribution >= 0.6 is 11.6 Å². The van der Waals surface area contributed by atoms with Gasteiger partial charge in [0.15, 0.2) is 5.75 Å². The molecular weight excluding hydrogens is 239 g/mol. The lowest BCUT2D eigenvalue weighted by Gasteiger charge is -2.08. The molecule has 0 unspecified atom stereocenters. The SMILES string of the molecule is O=[N+]([O-])c1c(O)ccc(C(F)(F)F)c1Cl. The summed E-state index contributed by atoms with van der Waals surface area (Å²) >= 11 is 5.17. The number of rotatable bonds is 1. The number of aromatic hydroxyl groups is 1. The Bertz CT molecular complexity index is 419. The molecule has 0 aromatic heterocycles. The summed E-state index contributed by atoms with van der Waals surface area (Å²) in [6.07, 6.45) is -4.80. The van der Waals surface area contributed by atoms with Crippen molar-refractivity contribution in [3.8, 4) is 5.75 Å². The van der Waals surface area contributed by atoms with Gasteiger partial charge in [0.25, 0.3) is 0 Å². The number of phenols is 1. The highest BCUT2D eigenvalue weighted by Gasteiger charge is 2.37. The smallest absolute Gasteiger partial charge is 0.418 e. The Labute approximate surface area is 86.0 Å². The predicted molar refractivity (Wildman–Crippen MR) is 44.8 cm³/mol. The van der Waals surface area contributed by atoms with Crippen LogP contribution in [0.4, 0.5) is 18.9 Å². The van der Waals surface area contributed by atoms with Gasteiger partial charge in [0.2, 0.25) is 0 Å². The van der Waals surface area contributed by atoms with Crippen LogP contribution in [0.3, 0.4) is 0 Å². The van der Waals surface area contributed by atoms with Crippen LogP contribution in [0.15, 0.2) is 12.1 Å². The van der Waals surface area contributed by atoms with Gasteiger partial charge in [0.1, 0.15) is 5.02 Å². The number of nitro groups is 1. The van der Waals surface area contributed by atoms with E-state index < -0.39 is 33.1 Å². The summed E-state index contributed by atoms with van der Waals surface area (Å²) in [5.41, 5.74) is -2.50. The van der Waals surface area contributed by atoms with E-state index >= 15 is 0 Å². The molecule has 0 amide bonds. The highest BCUT2D eigenvalue weighted by molar-refractivity contribution is 6.33. The fourth-order valence-electron chi connectivity index (χ4n) is 0.947. The van der Waals surface area contributed by atoms with Crippen molar-refractivity contribution < 1.29 is 23.2 Å². The lowest BCUT2D eigenvalue weighted by atomic mass is 10.2. The highest BCUT2D eigenvalue weighted by atomic mass is 35.5. The van der Waals surface area contributed by atoms with E-state index in [9.17, 15) is 23.3 Å². The summed E-state index contributed by atoms with van der Waals surface area (Å²) < 4.78 is 36.7. The van der Waals surface area contributed by atoms with Gasteiger partial charge >= 0.3 is 11.9 Å². The molecule has 0 aliphatic heterocycles. The maximum absolute atomic E-state index is 12.2. The largest absolute Gasteiger partial charge is 0.502 e. The first-order valence-electron chi connectivity index (χ1n) is 3.48. The molecule has 4 nitrogen and oxygen atoms in total. The summed E-state index contributed by atoms with van der Waals surface area (Å²) in [5, 5.41) is 18.2. The van der Waals surface area contributed by atoms with E-state index in [1.807, 2.05) is 0 Å². The molecular formula is C7H3ClF3NO3. The van der Waals surface area contributed by atoms with E-state index in [1.54, 1.807) is 0 Å². The average Bonchev–Trinajstić information content (AvgIpc) is 2.00. The number of nitro benzene ring substituents is 1. The Kier molecular flexibility index (Phi) is 2.76. The first-order valence-corrected chi connectivity index (χ1v) is 3.86. The van der Waals surface area contributed by atoms with Gasteiger partial charge in [-0.3, -0.25) is 10.1 Å². The van der Waals surface area contributed by atoms with Crippen molar-refractivity contribution in [2.45, 2.75) is 6.18 Å². The predicted octanol–water partition coefficient (Wildman–Crippen LogP) is 2.97. The van der Waals surface area contributed by atoms with Crippen molar-refractivity contribution in [1.82, 2.24) is 0 Å². The number of hydrogen-bond donors (Lipinski definition) is 1. The van der Waals surface area contributed by atoms with E-state index in [0.717, 1.165) is 0 Å². The monoisotopic (exact) mass is 241 g/mol. The number of nitrogens with zero attached hydrogens (tertiary/aromatic N) is 1. The highest BCUT2D eigenvalue weighted by Crippen LogP contribution is 2.42. The lowest BCUT2D eigenvalue weighted by molar-refractivity contribution is -0.386. The zero-order valence-electron chi connectivity index (χ0n) is 6.88. The van der Waals surface area contributed by atoms with E-state index in [1.165, 1.54) is 0 Å². The van der Waals surface area contributed by atoms with Crippen molar-refractivity contribution in [2.75, 3.05) is 0 Å². The molecule has 82 valence electrons. The van der Waals surface area contributed by atoms with Gasteiger partial charge in [0, 0.05) is 0 Å². The number of alkyl halides is 3. The molecule has 0 spiro atoms. The quantitative estimate of drug-likeness (QED) is 0.607. The Hall–Kier alpha value is -1.50. The Morgan fingerprint density at radius 1 is 1.40 bits per heavy atom. The molecule has 1 N–H and O–H groups in total. The van der Waals surface area contributed by atoms with Gasteiger partial charge in [-0.1, -0.05) is 11.6 Å². The van der Waals surface area contributed by atoms with Crippen LogP contribution in [0, 0.1) is 10.1 Å². The molecule has 1 aromatic carbocycles. The first-order chi connectivity index (χ1) is 6.75. The Morgan fingerprint density at radius 2 is 1.93 bits per heavy atom. The molecule has 15 heavy (non-hydrogen) atoms. The number of hydrogen-bond acceptors (Lipinski definition) is 3. The maximum Gasteiger partial charge on any atom is 0.418 e. The number of phenolic OH excluding ortho intramolecular Hbond substituents is 1. The van der Waals surface area contributed by atoms with Crippen LogP contribution in [0.5, 0.6) is 5.75 Å². The molecule has 0 heterocycles. The van der Waals surface area contributed by atoms with E-state index in [0.29, 0.717) is 12.1 Å². The van der Waals surface area contributed by atoms with Gasteiger partial charge in [-0.15, -0.1) is 0 Å². The van der Waals surface area contributed by atoms with Crippen LogP contribution in [-0.4, -0.2) is 10.0 Å². The molecule has 1 rings (SSSR count). The van der Waals surface area contributed by atoms with Crippen molar-refractivity contribution in [2.24, 2.45) is 0 Å². The molecule has 0 saturated carbocycles. The third-order valence-electron chi connectivity index (χ3n) is 1.58. The van der Waals surface area contributed by atoms with Crippen LogP contribution in [0.25, 0.3) is 0 Å². The molecule has 0 saturated heterocycles. The Balaban J connectivity index is 3.49. The van der Waals surface area contributed by atoms with Crippen molar-refractivity contribution in [1.29, 1.82) is 0 Å². The minimum Gasteiger partial charge on any atom is -0.502 e. The van der Waals surface area contributed by atoms with E-state index in [-0.39, 0.29) is 0 Å². The molecule has 0 atom stereocenters. The van der Waals surface area contributed by atoms with Crippen molar-refractivity contribution in [3.05, 3.63) is 32.8 Å². The second-order valence-corrected chi connectivity index (χ2v) is 2.93. The zero-order chi connectivity index (χ0) is 11.8. The topological polar surface area (TPSA) is 63.4 Å². The maximum atomic E-state index is 12.2. The number of benzene rings is 1. The second-order valence-electron chi connectivity index (χ2n) is 2.55. The third kappa shape index (κ3) is 2.12. The molecule has 0 bridgehead atoms. The number of halogens is 4. The summed E-state index contributed by atoms with van der Waals surface area (Å²) in [5.74, 6) is -0.905. The molecule has 8 heteroatoms. The van der Waals surface area contributed by atoms with E-state index in [4.69, 9.17) is 16.7 Å².